The minimum Gasteiger partial charge on any atom is -0.497 e. The molecule has 0 atom stereocenters. The van der Waals surface area contributed by atoms with Crippen molar-refractivity contribution in [2.24, 2.45) is 0 Å². The highest BCUT2D eigenvalue weighted by Crippen LogP contribution is 2.31. The zero-order valence-corrected chi connectivity index (χ0v) is 24.2. The van der Waals surface area contributed by atoms with E-state index in [9.17, 15) is 9.90 Å². The number of hydrogen-bond donors (Lipinski definition) is 3. The van der Waals surface area contributed by atoms with E-state index in [0.717, 1.165) is 71.7 Å². The van der Waals surface area contributed by atoms with Crippen LogP contribution in [0.2, 0.25) is 5.02 Å². The van der Waals surface area contributed by atoms with Crippen LogP contribution in [0.5, 0.6) is 5.75 Å². The molecule has 0 aliphatic carbocycles. The van der Waals surface area contributed by atoms with Crippen molar-refractivity contribution < 1.29 is 14.6 Å². The quantitative estimate of drug-likeness (QED) is 0.351. The molecule has 12 heteroatoms. The van der Waals surface area contributed by atoms with Crippen LogP contribution >= 0.6 is 48.2 Å². The maximum absolute atomic E-state index is 11.7. The molecule has 5 rings (SSSR count). The number of piperidine rings is 1. The lowest BCUT2D eigenvalue weighted by Gasteiger charge is -2.41. The fourth-order valence-corrected chi connectivity index (χ4v) is 5.83. The summed E-state index contributed by atoms with van der Waals surface area (Å²) in [7, 11) is 1.66. The van der Waals surface area contributed by atoms with Gasteiger partial charge in [0.25, 0.3) is 0 Å². The Morgan fingerprint density at radius 1 is 1.24 bits per heavy atom. The highest BCUT2D eigenvalue weighted by molar-refractivity contribution is 8.00. The molecule has 206 valence electrons. The van der Waals surface area contributed by atoms with Crippen molar-refractivity contribution in [3.63, 3.8) is 0 Å². The topological polar surface area (TPSA) is 99.6 Å². The van der Waals surface area contributed by atoms with Crippen molar-refractivity contribution in [2.45, 2.75) is 36.2 Å². The summed E-state index contributed by atoms with van der Waals surface area (Å²) < 4.78 is 5.40. The van der Waals surface area contributed by atoms with Crippen LogP contribution in [0, 0.1) is 0 Å². The summed E-state index contributed by atoms with van der Waals surface area (Å²) in [5.41, 5.74) is 2.50. The van der Waals surface area contributed by atoms with Crippen LogP contribution in [0.15, 0.2) is 41.4 Å². The van der Waals surface area contributed by atoms with Gasteiger partial charge < -0.3 is 25.4 Å². The van der Waals surface area contributed by atoms with Crippen molar-refractivity contribution in [3.8, 4) is 5.75 Å². The number of benzene rings is 1. The molecule has 0 bridgehead atoms. The molecule has 2 aromatic heterocycles. The van der Waals surface area contributed by atoms with Crippen molar-refractivity contribution >= 4 is 70.8 Å². The first-order valence-electron chi connectivity index (χ1n) is 12.1. The number of rotatable bonds is 8. The predicted octanol–water partition coefficient (Wildman–Crippen LogP) is 4.34. The van der Waals surface area contributed by atoms with Gasteiger partial charge in [-0.25, -0.2) is 4.98 Å². The number of carbonyl (C=O) groups is 1. The normalized spacial score (nSPS) is 16.7. The number of aliphatic hydroxyl groups excluding tert-OH is 1. The van der Waals surface area contributed by atoms with Gasteiger partial charge in [-0.05, 0) is 68.2 Å². The Morgan fingerprint density at radius 3 is 2.76 bits per heavy atom. The number of carbonyl (C=O) groups excluding carboxylic acids is 1. The molecular formula is C26H32Cl3N5O3S. The molecule has 1 amide bonds. The first-order chi connectivity index (χ1) is 17.5. The van der Waals surface area contributed by atoms with Gasteiger partial charge in [-0.2, -0.15) is 0 Å². The Kier molecular flexibility index (Phi) is 10.9. The summed E-state index contributed by atoms with van der Waals surface area (Å²) in [5.74, 6) is 1.82. The Balaban J connectivity index is 0.00000200. The standard InChI is InChI=1S/C26H30ClN5O3S.2ClH/c1-35-18-3-4-22-20(12-18)19(21(27)14-28-22)6-9-32-10-7-26(16-33,8-11-32)29-13-17-2-5-23-25(30-17)31-24(34)15-36-23;;/h2-5,12,14,29,33H,6-11,13,15-16H2,1H3,(H,30,31,34);2*1H. The maximum Gasteiger partial charge on any atom is 0.235 e. The molecule has 0 saturated carbocycles. The van der Waals surface area contributed by atoms with E-state index in [1.54, 1.807) is 13.3 Å². The Hall–Kier alpha value is -1.85. The van der Waals surface area contributed by atoms with Crippen LogP contribution in [0.3, 0.4) is 0 Å². The molecule has 0 spiro atoms. The van der Waals surface area contributed by atoms with Crippen LogP contribution in [0.1, 0.15) is 24.1 Å². The SMILES string of the molecule is COc1ccc2ncc(Cl)c(CCN3CCC(CO)(NCc4ccc5c(n4)NC(=O)CS5)CC3)c2c1.Cl.Cl. The smallest absolute Gasteiger partial charge is 0.235 e. The second-order valence-electron chi connectivity index (χ2n) is 9.34. The lowest BCUT2D eigenvalue weighted by molar-refractivity contribution is -0.113. The van der Waals surface area contributed by atoms with Crippen molar-refractivity contribution in [3.05, 3.63) is 52.8 Å². The molecular weight excluding hydrogens is 569 g/mol. The average molecular weight is 601 g/mol. The zero-order chi connectivity index (χ0) is 25.1. The number of anilines is 1. The van der Waals surface area contributed by atoms with Crippen LogP contribution < -0.4 is 15.4 Å². The zero-order valence-electron chi connectivity index (χ0n) is 21.0. The molecule has 0 unspecified atom stereocenters. The van der Waals surface area contributed by atoms with Gasteiger partial charge in [-0.1, -0.05) is 11.6 Å². The van der Waals surface area contributed by atoms with Crippen molar-refractivity contribution in [2.75, 3.05) is 44.4 Å². The van der Waals surface area contributed by atoms with Crippen molar-refractivity contribution in [1.29, 1.82) is 0 Å². The number of thioether (sulfide) groups is 1. The third-order valence-electron chi connectivity index (χ3n) is 7.10. The average Bonchev–Trinajstić information content (AvgIpc) is 2.91. The van der Waals surface area contributed by atoms with Gasteiger partial charge in [0.15, 0.2) is 0 Å². The lowest BCUT2D eigenvalue weighted by Crippen LogP contribution is -2.55. The van der Waals surface area contributed by atoms with E-state index in [-0.39, 0.29) is 42.9 Å². The number of likely N-dealkylation sites (tertiary alicyclic amines) is 1. The van der Waals surface area contributed by atoms with E-state index in [2.05, 4.69) is 25.5 Å². The van der Waals surface area contributed by atoms with Crippen molar-refractivity contribution in [1.82, 2.24) is 20.2 Å². The molecule has 0 radical (unpaired) electrons. The van der Waals surface area contributed by atoms with Crippen LogP contribution in [-0.2, 0) is 17.8 Å². The van der Waals surface area contributed by atoms with E-state index in [4.69, 9.17) is 16.3 Å². The molecule has 2 aliphatic heterocycles. The Labute approximate surface area is 244 Å². The minimum absolute atomic E-state index is 0. The summed E-state index contributed by atoms with van der Waals surface area (Å²) in [6.45, 7) is 3.23. The first-order valence-corrected chi connectivity index (χ1v) is 13.5. The molecule has 1 aromatic carbocycles. The Morgan fingerprint density at radius 2 is 2.03 bits per heavy atom. The maximum atomic E-state index is 11.7. The summed E-state index contributed by atoms with van der Waals surface area (Å²) in [5, 5.41) is 18.3. The molecule has 3 N–H and O–H groups in total. The number of ether oxygens (including phenoxy) is 1. The number of nitrogens with zero attached hydrogens (tertiary/aromatic N) is 3. The van der Waals surface area contributed by atoms with Gasteiger partial charge in [-0.15, -0.1) is 36.6 Å². The van der Waals surface area contributed by atoms with Gasteiger partial charge in [-0.3, -0.25) is 9.78 Å². The number of fused-ring (bicyclic) bond motifs is 2. The fourth-order valence-electron chi connectivity index (χ4n) is 4.83. The molecule has 1 fully saturated rings. The highest BCUT2D eigenvalue weighted by Gasteiger charge is 2.33. The number of hydrogen-bond acceptors (Lipinski definition) is 8. The molecule has 8 nitrogen and oxygen atoms in total. The van der Waals surface area contributed by atoms with E-state index >= 15 is 0 Å². The number of aromatic nitrogens is 2. The third kappa shape index (κ3) is 6.83. The van der Waals surface area contributed by atoms with Gasteiger partial charge >= 0.3 is 0 Å². The van der Waals surface area contributed by atoms with Gasteiger partial charge in [0, 0.05) is 30.2 Å². The third-order valence-corrected chi connectivity index (χ3v) is 8.48. The second kappa shape index (κ2) is 13.5. The van der Waals surface area contributed by atoms with E-state index in [0.29, 0.717) is 23.1 Å². The van der Waals surface area contributed by atoms with Crippen LogP contribution in [0.4, 0.5) is 5.82 Å². The van der Waals surface area contributed by atoms with E-state index in [1.165, 1.54) is 11.8 Å². The largest absolute Gasteiger partial charge is 0.497 e. The summed E-state index contributed by atoms with van der Waals surface area (Å²) in [6, 6.07) is 9.85. The number of halogens is 3. The molecule has 3 aromatic rings. The molecule has 2 aliphatic rings. The Bertz CT molecular complexity index is 1270. The molecule has 1 saturated heterocycles. The number of nitrogens with one attached hydrogen (secondary N) is 2. The van der Waals surface area contributed by atoms with Gasteiger partial charge in [0.05, 0.1) is 40.6 Å². The van der Waals surface area contributed by atoms with E-state index in [1.807, 2.05) is 30.3 Å². The summed E-state index contributed by atoms with van der Waals surface area (Å²) >= 11 is 8.04. The summed E-state index contributed by atoms with van der Waals surface area (Å²) in [4.78, 5) is 24.1. The number of methoxy groups -OCH3 is 1. The fraction of sp³-hybridized carbons (Fsp3) is 0.423. The predicted molar refractivity (Wildman–Crippen MR) is 157 cm³/mol. The van der Waals surface area contributed by atoms with Gasteiger partial charge in [0.2, 0.25) is 5.91 Å². The minimum atomic E-state index is -0.347. The first kappa shape index (κ1) is 30.7. The second-order valence-corrected chi connectivity index (χ2v) is 10.8. The van der Waals surface area contributed by atoms with Crippen LogP contribution in [-0.4, -0.2) is 70.5 Å². The lowest BCUT2D eigenvalue weighted by atomic mass is 9.88. The number of pyridine rings is 2. The van der Waals surface area contributed by atoms with Gasteiger partial charge in [0.1, 0.15) is 11.6 Å². The number of amides is 1. The number of aliphatic hydroxyl groups is 1. The highest BCUT2D eigenvalue weighted by atomic mass is 35.5. The van der Waals surface area contributed by atoms with Crippen LogP contribution in [0.25, 0.3) is 10.9 Å². The van der Waals surface area contributed by atoms with E-state index < -0.39 is 0 Å². The monoisotopic (exact) mass is 599 g/mol. The molecule has 4 heterocycles. The summed E-state index contributed by atoms with van der Waals surface area (Å²) in [6.07, 6.45) is 4.20. The molecule has 38 heavy (non-hydrogen) atoms.